The Kier molecular flexibility index (Phi) is 4.30. The van der Waals surface area contributed by atoms with Crippen molar-refractivity contribution in [2.45, 2.75) is 45.1 Å². The number of aliphatic hydroxyl groups excluding tert-OH is 1. The minimum Gasteiger partial charge on any atom is -0.389 e. The SMILES string of the molecule is CCCc1noc(CCCC(=O)N2CC(O)C2)n1. The molecule has 6 nitrogen and oxygen atoms in total. The van der Waals surface area contributed by atoms with Crippen LogP contribution in [0.3, 0.4) is 0 Å². The second kappa shape index (κ2) is 5.95. The number of β-amino-alcohol motifs (C(OH)–C–C–N with tert-alkyl or cyclic N) is 1. The first-order valence-corrected chi connectivity index (χ1v) is 6.46. The van der Waals surface area contributed by atoms with E-state index in [0.717, 1.165) is 18.7 Å². The minimum atomic E-state index is -0.332. The summed E-state index contributed by atoms with van der Waals surface area (Å²) in [4.78, 5) is 17.5. The Morgan fingerprint density at radius 1 is 1.50 bits per heavy atom. The van der Waals surface area contributed by atoms with Crippen molar-refractivity contribution in [3.63, 3.8) is 0 Å². The van der Waals surface area contributed by atoms with E-state index >= 15 is 0 Å². The predicted octanol–water partition coefficient (Wildman–Crippen LogP) is 0.548. The van der Waals surface area contributed by atoms with Gasteiger partial charge in [0.1, 0.15) is 0 Å². The average molecular weight is 253 g/mol. The van der Waals surface area contributed by atoms with Crippen molar-refractivity contribution in [3.8, 4) is 0 Å². The molecule has 1 saturated heterocycles. The van der Waals surface area contributed by atoms with Crippen LogP contribution < -0.4 is 0 Å². The van der Waals surface area contributed by atoms with Gasteiger partial charge < -0.3 is 14.5 Å². The molecule has 1 fully saturated rings. The first kappa shape index (κ1) is 13.0. The topological polar surface area (TPSA) is 79.5 Å². The standard InChI is InChI=1S/C12H19N3O3/c1-2-4-10-13-11(18-14-10)5-3-6-12(17)15-7-9(16)8-15/h9,16H,2-8H2,1H3. The number of hydrogen-bond donors (Lipinski definition) is 1. The normalized spacial score (nSPS) is 15.8. The van der Waals surface area contributed by atoms with E-state index in [9.17, 15) is 4.79 Å². The molecule has 1 aromatic heterocycles. The molecule has 2 heterocycles. The number of hydrogen-bond acceptors (Lipinski definition) is 5. The quantitative estimate of drug-likeness (QED) is 0.800. The lowest BCUT2D eigenvalue weighted by molar-refractivity contribution is -0.141. The number of amides is 1. The highest BCUT2D eigenvalue weighted by Gasteiger charge is 2.28. The van der Waals surface area contributed by atoms with Crippen molar-refractivity contribution in [2.75, 3.05) is 13.1 Å². The van der Waals surface area contributed by atoms with E-state index in [1.54, 1.807) is 4.90 Å². The van der Waals surface area contributed by atoms with E-state index in [4.69, 9.17) is 9.63 Å². The third-order valence-electron chi connectivity index (χ3n) is 2.98. The summed E-state index contributed by atoms with van der Waals surface area (Å²) in [5.74, 6) is 1.44. The average Bonchev–Trinajstić information content (AvgIpc) is 2.73. The molecule has 0 aliphatic carbocycles. The van der Waals surface area contributed by atoms with Crippen molar-refractivity contribution in [1.82, 2.24) is 15.0 Å². The molecule has 1 aromatic rings. The van der Waals surface area contributed by atoms with E-state index in [2.05, 4.69) is 17.1 Å². The summed E-state index contributed by atoms with van der Waals surface area (Å²) in [6.45, 7) is 3.01. The van der Waals surface area contributed by atoms with E-state index < -0.39 is 0 Å². The first-order chi connectivity index (χ1) is 8.69. The minimum absolute atomic E-state index is 0.0913. The Balaban J connectivity index is 1.66. The highest BCUT2D eigenvalue weighted by atomic mass is 16.5. The molecule has 0 bridgehead atoms. The van der Waals surface area contributed by atoms with Crippen LogP contribution in [0.15, 0.2) is 4.52 Å². The molecule has 0 aromatic carbocycles. The van der Waals surface area contributed by atoms with Crippen LogP contribution in [0.5, 0.6) is 0 Å². The fourth-order valence-electron chi connectivity index (χ4n) is 1.92. The maximum Gasteiger partial charge on any atom is 0.226 e. The van der Waals surface area contributed by atoms with Crippen LogP contribution in [0.25, 0.3) is 0 Å². The van der Waals surface area contributed by atoms with Crippen LogP contribution in [0.4, 0.5) is 0 Å². The summed E-state index contributed by atoms with van der Waals surface area (Å²) in [6, 6.07) is 0. The Morgan fingerprint density at radius 2 is 2.28 bits per heavy atom. The summed E-state index contributed by atoms with van der Waals surface area (Å²) in [6.07, 6.45) is 3.31. The molecule has 100 valence electrons. The number of carbonyl (C=O) groups is 1. The molecule has 1 aliphatic heterocycles. The van der Waals surface area contributed by atoms with E-state index in [1.165, 1.54) is 0 Å². The highest BCUT2D eigenvalue weighted by molar-refractivity contribution is 5.77. The molecule has 0 saturated carbocycles. The van der Waals surface area contributed by atoms with Crippen molar-refractivity contribution >= 4 is 5.91 Å². The highest BCUT2D eigenvalue weighted by Crippen LogP contribution is 2.11. The third kappa shape index (κ3) is 3.29. The Bertz CT molecular complexity index is 399. The largest absolute Gasteiger partial charge is 0.389 e. The second-order valence-corrected chi connectivity index (χ2v) is 4.66. The van der Waals surface area contributed by atoms with Gasteiger partial charge in [-0.3, -0.25) is 4.79 Å². The molecule has 0 atom stereocenters. The van der Waals surface area contributed by atoms with Gasteiger partial charge in [-0.15, -0.1) is 0 Å². The van der Waals surface area contributed by atoms with Gasteiger partial charge in [0.15, 0.2) is 5.82 Å². The number of aryl methyl sites for hydroxylation is 2. The third-order valence-corrected chi connectivity index (χ3v) is 2.98. The predicted molar refractivity (Wildman–Crippen MR) is 63.8 cm³/mol. The smallest absolute Gasteiger partial charge is 0.226 e. The zero-order valence-corrected chi connectivity index (χ0v) is 10.6. The Hall–Kier alpha value is -1.43. The van der Waals surface area contributed by atoms with Crippen molar-refractivity contribution in [2.24, 2.45) is 0 Å². The van der Waals surface area contributed by atoms with Gasteiger partial charge in [-0.25, -0.2) is 0 Å². The van der Waals surface area contributed by atoms with Crippen LogP contribution in [0.2, 0.25) is 0 Å². The zero-order chi connectivity index (χ0) is 13.0. The molecular formula is C12H19N3O3. The zero-order valence-electron chi connectivity index (χ0n) is 10.6. The van der Waals surface area contributed by atoms with Crippen molar-refractivity contribution < 1.29 is 14.4 Å². The Labute approximate surface area is 106 Å². The van der Waals surface area contributed by atoms with Crippen LogP contribution in [-0.4, -0.2) is 45.2 Å². The molecular weight excluding hydrogens is 234 g/mol. The van der Waals surface area contributed by atoms with E-state index in [-0.39, 0.29) is 12.0 Å². The van der Waals surface area contributed by atoms with Crippen LogP contribution in [0, 0.1) is 0 Å². The number of rotatable bonds is 6. The van der Waals surface area contributed by atoms with Gasteiger partial charge in [-0.05, 0) is 12.8 Å². The lowest BCUT2D eigenvalue weighted by Gasteiger charge is -2.35. The molecule has 6 heteroatoms. The summed E-state index contributed by atoms with van der Waals surface area (Å²) in [7, 11) is 0. The fourth-order valence-corrected chi connectivity index (χ4v) is 1.92. The molecule has 0 radical (unpaired) electrons. The summed E-state index contributed by atoms with van der Waals surface area (Å²) in [5.41, 5.74) is 0. The van der Waals surface area contributed by atoms with Gasteiger partial charge in [-0.1, -0.05) is 12.1 Å². The molecule has 0 spiro atoms. The second-order valence-electron chi connectivity index (χ2n) is 4.66. The van der Waals surface area contributed by atoms with Gasteiger partial charge in [0, 0.05) is 32.4 Å². The summed E-state index contributed by atoms with van der Waals surface area (Å²) in [5, 5.41) is 13.0. The van der Waals surface area contributed by atoms with E-state index in [0.29, 0.717) is 38.2 Å². The lowest BCUT2D eigenvalue weighted by atomic mass is 10.1. The number of likely N-dealkylation sites (tertiary alicyclic amines) is 1. The van der Waals surface area contributed by atoms with Gasteiger partial charge in [0.05, 0.1) is 6.10 Å². The maximum atomic E-state index is 11.6. The first-order valence-electron chi connectivity index (χ1n) is 6.46. The Morgan fingerprint density at radius 3 is 2.94 bits per heavy atom. The molecule has 2 rings (SSSR count). The van der Waals surface area contributed by atoms with Crippen LogP contribution >= 0.6 is 0 Å². The number of carbonyl (C=O) groups excluding carboxylic acids is 1. The molecule has 1 amide bonds. The van der Waals surface area contributed by atoms with Gasteiger partial charge >= 0.3 is 0 Å². The summed E-state index contributed by atoms with van der Waals surface area (Å²) < 4.78 is 5.09. The van der Waals surface area contributed by atoms with Gasteiger partial charge in [0.2, 0.25) is 11.8 Å². The molecule has 1 N–H and O–H groups in total. The van der Waals surface area contributed by atoms with Crippen molar-refractivity contribution in [1.29, 1.82) is 0 Å². The molecule has 18 heavy (non-hydrogen) atoms. The number of nitrogens with zero attached hydrogens (tertiary/aromatic N) is 3. The van der Waals surface area contributed by atoms with Crippen LogP contribution in [-0.2, 0) is 17.6 Å². The van der Waals surface area contributed by atoms with Crippen LogP contribution in [0.1, 0.15) is 37.9 Å². The van der Waals surface area contributed by atoms with Gasteiger partial charge in [-0.2, -0.15) is 4.98 Å². The fraction of sp³-hybridized carbons (Fsp3) is 0.750. The molecule has 1 aliphatic rings. The number of aliphatic hydroxyl groups is 1. The van der Waals surface area contributed by atoms with Crippen molar-refractivity contribution in [3.05, 3.63) is 11.7 Å². The monoisotopic (exact) mass is 253 g/mol. The number of aromatic nitrogens is 2. The maximum absolute atomic E-state index is 11.6. The summed E-state index contributed by atoms with van der Waals surface area (Å²) >= 11 is 0. The van der Waals surface area contributed by atoms with Gasteiger partial charge in [0.25, 0.3) is 0 Å². The lowest BCUT2D eigenvalue weighted by Crippen LogP contribution is -2.53. The molecule has 0 unspecified atom stereocenters. The van der Waals surface area contributed by atoms with E-state index in [1.807, 2.05) is 0 Å².